The molecule has 9 nitrogen and oxygen atoms in total. The number of halogens is 1. The number of hydrogen-bond acceptors (Lipinski definition) is 7. The second-order valence-electron chi connectivity index (χ2n) is 10.6. The molecule has 44 heavy (non-hydrogen) atoms. The van der Waals surface area contributed by atoms with Gasteiger partial charge in [0.05, 0.1) is 37.3 Å². The maximum Gasteiger partial charge on any atom is 0.339 e. The van der Waals surface area contributed by atoms with E-state index in [1.807, 2.05) is 36.4 Å². The van der Waals surface area contributed by atoms with E-state index in [4.69, 9.17) is 14.2 Å². The number of fused-ring (bicyclic) bond motifs is 7. The van der Waals surface area contributed by atoms with Gasteiger partial charge < -0.3 is 24.4 Å². The summed E-state index contributed by atoms with van der Waals surface area (Å²) in [4.78, 5) is 44.5. The summed E-state index contributed by atoms with van der Waals surface area (Å²) in [6.07, 6.45) is 3.98. The summed E-state index contributed by atoms with van der Waals surface area (Å²) in [7, 11) is 1.27. The Morgan fingerprint density at radius 2 is 1.89 bits per heavy atom. The smallest absolute Gasteiger partial charge is 0.339 e. The monoisotopic (exact) mass is 595 g/mol. The Bertz CT molecular complexity index is 1740. The average Bonchev–Trinajstić information content (AvgIpc) is 3.04. The molecule has 0 aliphatic carbocycles. The first-order chi connectivity index (χ1) is 21.4. The maximum atomic E-state index is 14.8. The van der Waals surface area contributed by atoms with Crippen LogP contribution in [-0.2, 0) is 22.4 Å². The van der Waals surface area contributed by atoms with Crippen molar-refractivity contribution in [1.29, 1.82) is 0 Å². The fourth-order valence-electron chi connectivity index (χ4n) is 5.57. The van der Waals surface area contributed by atoms with Crippen LogP contribution in [0.1, 0.15) is 55.4 Å². The highest BCUT2D eigenvalue weighted by Crippen LogP contribution is 2.39. The van der Waals surface area contributed by atoms with Crippen molar-refractivity contribution in [3.8, 4) is 17.2 Å². The lowest BCUT2D eigenvalue weighted by atomic mass is 9.87. The predicted octanol–water partition coefficient (Wildman–Crippen LogP) is 5.03. The number of nitrogens with zero attached hydrogens (tertiary/aromatic N) is 2. The van der Waals surface area contributed by atoms with Gasteiger partial charge in [0.25, 0.3) is 5.91 Å². The Morgan fingerprint density at radius 1 is 1.02 bits per heavy atom. The Hall–Kier alpha value is -5.25. The molecule has 4 heterocycles. The van der Waals surface area contributed by atoms with Crippen molar-refractivity contribution in [2.75, 3.05) is 26.8 Å². The molecule has 0 fully saturated rings. The third kappa shape index (κ3) is 6.10. The van der Waals surface area contributed by atoms with Gasteiger partial charge in [-0.2, -0.15) is 0 Å². The van der Waals surface area contributed by atoms with E-state index in [0.717, 1.165) is 16.7 Å². The van der Waals surface area contributed by atoms with E-state index in [2.05, 4.69) is 10.3 Å². The van der Waals surface area contributed by atoms with Crippen molar-refractivity contribution in [2.24, 2.45) is 0 Å². The van der Waals surface area contributed by atoms with Gasteiger partial charge in [-0.3, -0.25) is 14.6 Å². The highest BCUT2D eigenvalue weighted by atomic mass is 19.1. The third-order valence-corrected chi connectivity index (χ3v) is 7.68. The van der Waals surface area contributed by atoms with Gasteiger partial charge in [0.1, 0.15) is 11.5 Å². The normalized spacial score (nSPS) is 16.4. The molecule has 10 heteroatoms. The van der Waals surface area contributed by atoms with Crippen molar-refractivity contribution < 1.29 is 33.0 Å². The number of carbonyl (C=O) groups excluding carboxylic acids is 3. The predicted molar refractivity (Wildman–Crippen MR) is 158 cm³/mol. The lowest BCUT2D eigenvalue weighted by Gasteiger charge is -2.38. The summed E-state index contributed by atoms with van der Waals surface area (Å²) in [5, 5.41) is 2.87. The zero-order chi connectivity index (χ0) is 30.6. The zero-order valence-electron chi connectivity index (χ0n) is 24.0. The molecular formula is C34H30FN3O6. The van der Waals surface area contributed by atoms with Gasteiger partial charge in [-0.05, 0) is 77.6 Å². The molecule has 2 amide bonds. The zero-order valence-corrected chi connectivity index (χ0v) is 24.0. The number of hydrogen-bond donors (Lipinski definition) is 1. The summed E-state index contributed by atoms with van der Waals surface area (Å²) in [6, 6.07) is 18.4. The van der Waals surface area contributed by atoms with Crippen LogP contribution in [0.4, 0.5) is 4.39 Å². The maximum absolute atomic E-state index is 14.8. The minimum absolute atomic E-state index is 0.0245. The Morgan fingerprint density at radius 3 is 2.75 bits per heavy atom. The van der Waals surface area contributed by atoms with Gasteiger partial charge >= 0.3 is 5.97 Å². The van der Waals surface area contributed by atoms with E-state index in [1.165, 1.54) is 37.7 Å². The number of amides is 2. The number of benzene rings is 3. The number of aromatic nitrogens is 1. The van der Waals surface area contributed by atoms with Crippen molar-refractivity contribution in [3.63, 3.8) is 0 Å². The van der Waals surface area contributed by atoms with Crippen LogP contribution in [0, 0.1) is 5.82 Å². The Kier molecular flexibility index (Phi) is 8.23. The first-order valence-electron chi connectivity index (χ1n) is 14.3. The van der Waals surface area contributed by atoms with Crippen molar-refractivity contribution in [2.45, 2.75) is 25.3 Å². The summed E-state index contributed by atoms with van der Waals surface area (Å²) < 4.78 is 31.6. The number of methoxy groups -OCH3 is 1. The van der Waals surface area contributed by atoms with Crippen LogP contribution in [-0.4, -0.2) is 54.5 Å². The standard InChI is InChI=1S/C34H30FN3O6/c1-42-34(41)25-16-24(19-36-20-25)33(40)38-12-10-22-17-27-7-8-28(22)32(38)23-4-2-5-26(18-23)43-13-3-11-37-31(39)15-21-6-9-29(35)30(14-21)44-27/h2,4-9,14,16-20,32H,3,10-13,15H2,1H3,(H,37,39). The van der Waals surface area contributed by atoms with E-state index in [0.29, 0.717) is 49.6 Å². The highest BCUT2D eigenvalue weighted by Gasteiger charge is 2.33. The van der Waals surface area contributed by atoms with Crippen LogP contribution < -0.4 is 14.8 Å². The van der Waals surface area contributed by atoms with Crippen molar-refractivity contribution >= 4 is 17.8 Å². The van der Waals surface area contributed by atoms with Gasteiger partial charge in [0, 0.05) is 25.5 Å². The molecule has 1 atom stereocenters. The van der Waals surface area contributed by atoms with Gasteiger partial charge in [-0.25, -0.2) is 9.18 Å². The molecule has 8 bridgehead atoms. The Balaban J connectivity index is 1.41. The molecule has 224 valence electrons. The largest absolute Gasteiger partial charge is 0.494 e. The number of carbonyl (C=O) groups is 3. The molecule has 3 aromatic carbocycles. The van der Waals surface area contributed by atoms with Gasteiger partial charge in [0.2, 0.25) is 5.91 Å². The Labute approximate surface area is 253 Å². The topological polar surface area (TPSA) is 107 Å². The minimum atomic E-state index is -0.582. The van der Waals surface area contributed by atoms with Gasteiger partial charge in [-0.1, -0.05) is 24.3 Å². The average molecular weight is 596 g/mol. The van der Waals surface area contributed by atoms with Crippen LogP contribution in [0.3, 0.4) is 0 Å². The minimum Gasteiger partial charge on any atom is -0.494 e. The molecule has 7 rings (SSSR count). The van der Waals surface area contributed by atoms with Crippen LogP contribution in [0.2, 0.25) is 0 Å². The van der Waals surface area contributed by atoms with Crippen molar-refractivity contribution in [1.82, 2.24) is 15.2 Å². The fourth-order valence-corrected chi connectivity index (χ4v) is 5.57. The van der Waals surface area contributed by atoms with Crippen LogP contribution in [0.5, 0.6) is 17.2 Å². The second kappa shape index (κ2) is 12.5. The molecule has 1 N–H and O–H groups in total. The fraction of sp³-hybridized carbons (Fsp3) is 0.235. The van der Waals surface area contributed by atoms with E-state index in [-0.39, 0.29) is 35.1 Å². The summed E-state index contributed by atoms with van der Waals surface area (Å²) in [5.41, 5.74) is 3.72. The summed E-state index contributed by atoms with van der Waals surface area (Å²) in [6.45, 7) is 1.16. The lowest BCUT2D eigenvalue weighted by molar-refractivity contribution is -0.120. The van der Waals surface area contributed by atoms with Gasteiger partial charge in [-0.15, -0.1) is 0 Å². The molecule has 0 saturated carbocycles. The SMILES string of the molecule is COC(=O)c1cncc(C(=O)N2CCc3cc4ccc3C2c2cccc(c2)OCCCNC(=O)Cc2ccc(F)c(c2)O4)c1. The molecule has 0 spiro atoms. The number of rotatable bonds is 2. The molecule has 1 aromatic heterocycles. The van der Waals surface area contributed by atoms with E-state index >= 15 is 0 Å². The molecule has 1 unspecified atom stereocenters. The number of pyridine rings is 1. The molecule has 4 aromatic rings. The molecule has 3 aliphatic rings. The second-order valence-corrected chi connectivity index (χ2v) is 10.6. The number of ether oxygens (including phenoxy) is 3. The van der Waals surface area contributed by atoms with Crippen LogP contribution >= 0.6 is 0 Å². The number of esters is 1. The molecule has 0 saturated heterocycles. The van der Waals surface area contributed by atoms with Crippen molar-refractivity contribution in [3.05, 3.63) is 118 Å². The van der Waals surface area contributed by atoms with Crippen LogP contribution in [0.25, 0.3) is 0 Å². The van der Waals surface area contributed by atoms with Gasteiger partial charge in [0.15, 0.2) is 11.6 Å². The first kappa shape index (κ1) is 28.9. The van der Waals surface area contributed by atoms with E-state index < -0.39 is 17.8 Å². The molecule has 3 aliphatic heterocycles. The van der Waals surface area contributed by atoms with E-state index in [9.17, 15) is 18.8 Å². The lowest BCUT2D eigenvalue weighted by Crippen LogP contribution is -2.40. The highest BCUT2D eigenvalue weighted by molar-refractivity contribution is 5.98. The molecular weight excluding hydrogens is 565 g/mol. The van der Waals surface area contributed by atoms with Crippen LogP contribution in [0.15, 0.2) is 79.1 Å². The molecule has 0 radical (unpaired) electrons. The summed E-state index contributed by atoms with van der Waals surface area (Å²) >= 11 is 0. The van der Waals surface area contributed by atoms with E-state index in [1.54, 1.807) is 17.0 Å². The number of nitrogens with one attached hydrogen (secondary N) is 1. The first-order valence-corrected chi connectivity index (χ1v) is 14.3. The third-order valence-electron chi connectivity index (χ3n) is 7.68. The quantitative estimate of drug-likeness (QED) is 0.324. The summed E-state index contributed by atoms with van der Waals surface area (Å²) in [5.74, 6) is -0.499.